The van der Waals surface area contributed by atoms with E-state index < -0.39 is 299 Å². The molecule has 30 aliphatic heterocycles. The van der Waals surface area contributed by atoms with Gasteiger partial charge in [-0.1, -0.05) is 0 Å². The molecule has 16 bridgehead atoms. The summed E-state index contributed by atoms with van der Waals surface area (Å²) in [6.45, 7) is -8.64. The van der Waals surface area contributed by atoms with E-state index in [1.54, 1.807) is 0 Å². The molecule has 40 nitrogen and oxygen atoms in total. The molecule has 0 spiro atoms. The van der Waals surface area contributed by atoms with E-state index in [9.17, 15) is 123 Å². The fourth-order valence-electron chi connectivity index (χ4n) is 11.9. The van der Waals surface area contributed by atoms with Crippen LogP contribution < -0.4 is 0 Å². The Hall–Kier alpha value is -1.31. The van der Waals surface area contributed by atoms with Crippen molar-refractivity contribution in [1.82, 2.24) is 0 Å². The molecule has 30 heterocycles. The highest BCUT2D eigenvalue weighted by Crippen LogP contribution is 2.40. The summed E-state index contributed by atoms with van der Waals surface area (Å²) >= 11 is 0. The van der Waals surface area contributed by atoms with Crippen LogP contribution in [0.4, 0.5) is 0 Å². The minimum atomic E-state index is -2.25. The zero-order valence-electron chi connectivity index (χ0n) is 46.4. The summed E-state index contributed by atoms with van der Waals surface area (Å²) in [6, 6.07) is 0. The molecule has 41 heteroatoms. The maximum Gasteiger partial charge on any atom is 0.187 e. The lowest BCUT2D eigenvalue weighted by atomic mass is 9.94. The molecule has 0 aromatic carbocycles. The van der Waals surface area contributed by atoms with Crippen LogP contribution in [0.2, 0.25) is 0 Å². The second kappa shape index (κ2) is 31.3. The number of ether oxygens (including phenoxy) is 16. The second-order valence-corrected chi connectivity index (χ2v) is 22.5. The summed E-state index contributed by atoms with van der Waals surface area (Å²) in [5.41, 5.74) is 0. The van der Waals surface area contributed by atoms with Crippen LogP contribution in [0.5, 0.6) is 0 Å². The lowest BCUT2D eigenvalue weighted by molar-refractivity contribution is -0.404. The van der Waals surface area contributed by atoms with Crippen LogP contribution >= 0.6 is 12.4 Å². The van der Waals surface area contributed by atoms with Crippen molar-refractivity contribution >= 4 is 12.4 Å². The van der Waals surface area contributed by atoms with Crippen molar-refractivity contribution in [1.29, 1.82) is 0 Å². The van der Waals surface area contributed by atoms with Gasteiger partial charge in [-0.05, 0) is 0 Å². The number of aliphatic hydroxyl groups is 24. The van der Waals surface area contributed by atoms with E-state index in [2.05, 4.69) is 0 Å². The molecule has 30 aliphatic rings. The largest absolute Gasteiger partial charge is 0.394 e. The Balaban J connectivity index is 0.0000102. The number of hydrogen-bond donors (Lipinski definition) is 24. The van der Waals surface area contributed by atoms with Crippen molar-refractivity contribution in [2.24, 2.45) is 0 Å². The zero-order valence-corrected chi connectivity index (χ0v) is 47.2. The highest BCUT2D eigenvalue weighted by molar-refractivity contribution is 5.85. The average Bonchev–Trinajstić information content (AvgIpc) is 1.07. The van der Waals surface area contributed by atoms with Gasteiger partial charge in [0.2, 0.25) is 0 Å². The third-order valence-electron chi connectivity index (χ3n) is 16.9. The molecule has 0 aromatic heterocycles. The molecule has 0 radical (unpaired) electrons. The summed E-state index contributed by atoms with van der Waals surface area (Å²) in [4.78, 5) is 0. The highest BCUT2D eigenvalue weighted by Gasteiger charge is 2.60. The SMILES string of the molecule is Cl.OC[C@H]1O[C@@H]2O[C@H]3[C@H](O)[C@@H](O)[C@@H](O[C@H]4[C@H](O)[C@@H](O)[C@@H](O[C@H]5[C@H](O)[C@@H](O)[C@@H](O[C@H]6[C@H](O)[C@@H](O)[C@@H](O[C@H]7[C@H](O)[C@@H](O)[C@@H](O[C@H]8[C@H](O)[C@@H](O)[C@@H](O[C@H]9[C@H](O)[C@@H](O)[C@@H](O[C@H]1[C@H](O)[C@H]2O)O[C@@H]9CO)O[C@@H]8CO)O[C@@H]7CO)O[C@@H]6CO)O[C@@H]5CO)O[C@@H]4CO)O[C@@H]3CO. The number of hydrogen-bond acceptors (Lipinski definition) is 40. The lowest BCUT2D eigenvalue weighted by Crippen LogP contribution is -2.69. The van der Waals surface area contributed by atoms with Crippen molar-refractivity contribution < 1.29 is 198 Å². The van der Waals surface area contributed by atoms with Gasteiger partial charge in [-0.3, -0.25) is 0 Å². The van der Waals surface area contributed by atoms with E-state index in [1.165, 1.54) is 0 Å². The average molecular weight is 1330 g/mol. The maximum absolute atomic E-state index is 11.4. The zero-order chi connectivity index (χ0) is 64.1. The molecule has 0 aromatic rings. The van der Waals surface area contributed by atoms with Gasteiger partial charge < -0.3 is 198 Å². The molecule has 30 saturated heterocycles. The minimum absolute atomic E-state index is 0. The van der Waals surface area contributed by atoms with Crippen LogP contribution in [0.3, 0.4) is 0 Å². The Morgan fingerprint density at radius 3 is 0.315 bits per heavy atom. The fraction of sp³-hybridized carbons (Fsp3) is 1.00. The Labute approximate surface area is 508 Å². The highest BCUT2D eigenvalue weighted by atomic mass is 35.5. The van der Waals surface area contributed by atoms with E-state index in [0.29, 0.717) is 0 Å². The van der Waals surface area contributed by atoms with E-state index in [0.717, 1.165) is 0 Å². The van der Waals surface area contributed by atoms with Crippen molar-refractivity contribution in [3.05, 3.63) is 0 Å². The first-order valence-electron chi connectivity index (χ1n) is 28.1. The third-order valence-corrected chi connectivity index (χ3v) is 16.9. The first-order valence-corrected chi connectivity index (χ1v) is 28.1. The van der Waals surface area contributed by atoms with Gasteiger partial charge in [-0.2, -0.15) is 0 Å². The van der Waals surface area contributed by atoms with Gasteiger partial charge >= 0.3 is 0 Å². The molecule has 520 valence electrons. The predicted molar refractivity (Wildman–Crippen MR) is 268 cm³/mol. The van der Waals surface area contributed by atoms with Crippen molar-refractivity contribution in [2.45, 2.75) is 246 Å². The molecule has 24 N–H and O–H groups in total. The Kier molecular flexibility index (Phi) is 25.8. The molecule has 40 atom stereocenters. The van der Waals surface area contributed by atoms with Crippen LogP contribution in [0.15, 0.2) is 0 Å². The first kappa shape index (κ1) is 73.5. The molecule has 89 heavy (non-hydrogen) atoms. The van der Waals surface area contributed by atoms with Gasteiger partial charge in [-0.25, -0.2) is 0 Å². The van der Waals surface area contributed by atoms with Crippen LogP contribution in [0.1, 0.15) is 0 Å². The molecular formula is C48H81ClO40. The Bertz CT molecular complexity index is 1710. The van der Waals surface area contributed by atoms with Gasteiger partial charge in [0.1, 0.15) is 195 Å². The lowest BCUT2D eigenvalue weighted by Gasteiger charge is -2.50. The molecule has 30 rings (SSSR count). The van der Waals surface area contributed by atoms with Crippen molar-refractivity contribution in [2.75, 3.05) is 52.9 Å². The number of aliphatic hydroxyl groups excluding tert-OH is 24. The van der Waals surface area contributed by atoms with Crippen molar-refractivity contribution in [3.63, 3.8) is 0 Å². The monoisotopic (exact) mass is 1330 g/mol. The fourth-order valence-corrected chi connectivity index (χ4v) is 11.9. The van der Waals surface area contributed by atoms with Gasteiger partial charge in [-0.15, -0.1) is 12.4 Å². The van der Waals surface area contributed by atoms with E-state index >= 15 is 0 Å². The van der Waals surface area contributed by atoms with Gasteiger partial charge in [0, 0.05) is 0 Å². The first-order chi connectivity index (χ1) is 41.9. The van der Waals surface area contributed by atoms with E-state index in [-0.39, 0.29) is 12.4 Å². The maximum atomic E-state index is 11.4. The summed E-state index contributed by atoms with van der Waals surface area (Å²) in [6.07, 6.45) is -82.0. The molecule has 0 unspecified atom stereocenters. The number of halogens is 1. The van der Waals surface area contributed by atoms with Crippen LogP contribution in [-0.4, -0.2) is 421 Å². The van der Waals surface area contributed by atoms with E-state index in [4.69, 9.17) is 75.8 Å². The van der Waals surface area contributed by atoms with Crippen LogP contribution in [0.25, 0.3) is 0 Å². The Morgan fingerprint density at radius 2 is 0.236 bits per heavy atom. The summed E-state index contributed by atoms with van der Waals surface area (Å²) in [5.74, 6) is 0. The molecule has 30 fully saturated rings. The van der Waals surface area contributed by atoms with Gasteiger partial charge in [0.05, 0.1) is 52.9 Å². The molecule has 0 amide bonds. The van der Waals surface area contributed by atoms with Gasteiger partial charge in [0.25, 0.3) is 0 Å². The molecule has 0 aliphatic carbocycles. The van der Waals surface area contributed by atoms with Crippen molar-refractivity contribution in [3.8, 4) is 0 Å². The molecular weight excluding hydrogens is 1250 g/mol. The molecule has 0 saturated carbocycles. The predicted octanol–water partition coefficient (Wildman–Crippen LogP) is -17.0. The smallest absolute Gasteiger partial charge is 0.187 e. The summed E-state index contributed by atoms with van der Waals surface area (Å²) in [7, 11) is 0. The summed E-state index contributed by atoms with van der Waals surface area (Å²) < 4.78 is 91.1. The Morgan fingerprint density at radius 1 is 0.146 bits per heavy atom. The topological polar surface area (TPSA) is 633 Å². The third kappa shape index (κ3) is 14.6. The van der Waals surface area contributed by atoms with Gasteiger partial charge in [0.15, 0.2) is 50.3 Å². The number of rotatable bonds is 8. The summed E-state index contributed by atoms with van der Waals surface area (Å²) in [5, 5.41) is 265. The standard InChI is InChI=1S/C48H80O40.ClH/c49-1-9-33-17(57)25(65)41(73-9)82-34-10(2-50)75-43(27(67)19(34)59)84-36-12(4-52)77-45(29(69)21(36)61)86-38-14(6-54)79-47(31(71)23(38)63)88-40-16(8-56)80-48(32(72)24(40)64)87-39-15(7-55)78-46(30(70)22(39)62)85-37-13(5-53)76-44(28(68)20(37)60)83-35-11(3-51)74-42(81-33)26(66)18(35)58;/h9-72H,1-8H2;1H/t9-,10-,11-,12-,13-,14-,15-,16-,17-,18-,19-,20-,21-,22-,23-,24-,25-,26-,27-,28-,29-,30-,31-,32-,33-,34-,35-,36-,37-,38-,39-,40-,41-,42-,43-,44-,45-,46-,47-,48-;/m1./s1. The second-order valence-electron chi connectivity index (χ2n) is 22.5. The van der Waals surface area contributed by atoms with E-state index in [1.807, 2.05) is 0 Å². The minimum Gasteiger partial charge on any atom is -0.394 e. The normalized spacial score (nSPS) is 54.7. The quantitative estimate of drug-likeness (QED) is 0.107. The van der Waals surface area contributed by atoms with Crippen LogP contribution in [0, 0.1) is 0 Å². The van der Waals surface area contributed by atoms with Crippen LogP contribution in [-0.2, 0) is 75.8 Å².